The van der Waals surface area contributed by atoms with Gasteiger partial charge in [0.2, 0.25) is 0 Å². The van der Waals surface area contributed by atoms with Crippen molar-refractivity contribution in [2.45, 2.75) is 38.9 Å². The van der Waals surface area contributed by atoms with Gasteiger partial charge in [-0.15, -0.1) is 0 Å². The molecule has 0 aliphatic carbocycles. The summed E-state index contributed by atoms with van der Waals surface area (Å²) in [5.74, 6) is 0. The Hall–Kier alpha value is -1.78. The predicted molar refractivity (Wildman–Crippen MR) is 91.5 cm³/mol. The molecule has 0 spiro atoms. The van der Waals surface area contributed by atoms with Gasteiger partial charge in [-0.05, 0) is 45.3 Å². The summed E-state index contributed by atoms with van der Waals surface area (Å²) in [4.78, 5) is 3.45. The third-order valence-electron chi connectivity index (χ3n) is 5.06. The first-order valence-electron chi connectivity index (χ1n) is 7.73. The van der Waals surface area contributed by atoms with E-state index in [0.717, 1.165) is 16.5 Å². The number of benzene rings is 2. The lowest BCUT2D eigenvalue weighted by molar-refractivity contribution is 0.00578. The zero-order valence-corrected chi connectivity index (χ0v) is 13.4. The van der Waals surface area contributed by atoms with Crippen LogP contribution >= 0.6 is 0 Å². The summed E-state index contributed by atoms with van der Waals surface area (Å²) in [6.45, 7) is 8.32. The number of hydrogen-bond donors (Lipinski definition) is 1. The summed E-state index contributed by atoms with van der Waals surface area (Å²) in [7, 11) is -0.317. The van der Waals surface area contributed by atoms with E-state index in [-0.39, 0.29) is 18.3 Å². The van der Waals surface area contributed by atoms with Gasteiger partial charge >= 0.3 is 7.12 Å². The maximum atomic E-state index is 6.16. The van der Waals surface area contributed by atoms with Gasteiger partial charge in [-0.25, -0.2) is 0 Å². The van der Waals surface area contributed by atoms with Crippen molar-refractivity contribution in [3.8, 4) is 0 Å². The number of aromatic amines is 1. The minimum atomic E-state index is -0.317. The molecule has 4 rings (SSSR count). The molecular formula is C18H20BNO2. The molecule has 0 saturated carbocycles. The molecule has 2 heterocycles. The highest BCUT2D eigenvalue weighted by molar-refractivity contribution is 6.62. The van der Waals surface area contributed by atoms with Crippen molar-refractivity contribution < 1.29 is 9.31 Å². The molecule has 0 radical (unpaired) electrons. The molecule has 1 aliphatic rings. The van der Waals surface area contributed by atoms with E-state index in [1.165, 1.54) is 10.8 Å². The Morgan fingerprint density at radius 3 is 2.18 bits per heavy atom. The zero-order valence-electron chi connectivity index (χ0n) is 13.4. The molecular weight excluding hydrogens is 273 g/mol. The Kier molecular flexibility index (Phi) is 2.75. The van der Waals surface area contributed by atoms with E-state index < -0.39 is 0 Å². The molecule has 22 heavy (non-hydrogen) atoms. The van der Waals surface area contributed by atoms with Crippen LogP contribution in [0.15, 0.2) is 42.5 Å². The van der Waals surface area contributed by atoms with Crippen molar-refractivity contribution >= 4 is 34.4 Å². The maximum absolute atomic E-state index is 6.16. The van der Waals surface area contributed by atoms with E-state index in [1.54, 1.807) is 0 Å². The van der Waals surface area contributed by atoms with Crippen LogP contribution in [0.2, 0.25) is 0 Å². The Morgan fingerprint density at radius 2 is 1.45 bits per heavy atom. The maximum Gasteiger partial charge on any atom is 0.494 e. The Balaban J connectivity index is 1.82. The minimum absolute atomic E-state index is 0.313. The topological polar surface area (TPSA) is 34.2 Å². The number of hydrogen-bond acceptors (Lipinski definition) is 2. The monoisotopic (exact) mass is 293 g/mol. The summed E-state index contributed by atoms with van der Waals surface area (Å²) < 4.78 is 12.3. The highest BCUT2D eigenvalue weighted by Crippen LogP contribution is 2.36. The number of nitrogens with one attached hydrogen (secondary N) is 1. The summed E-state index contributed by atoms with van der Waals surface area (Å²) >= 11 is 0. The van der Waals surface area contributed by atoms with Gasteiger partial charge in [0.25, 0.3) is 0 Å². The summed E-state index contributed by atoms with van der Waals surface area (Å²) in [6.07, 6.45) is 0. The van der Waals surface area contributed by atoms with Gasteiger partial charge in [0.1, 0.15) is 0 Å². The Bertz CT molecular complexity index is 850. The molecule has 0 bridgehead atoms. The van der Waals surface area contributed by atoms with Crippen LogP contribution < -0.4 is 5.46 Å². The van der Waals surface area contributed by atoms with Gasteiger partial charge < -0.3 is 14.3 Å². The van der Waals surface area contributed by atoms with Crippen LogP contribution in [0, 0.1) is 0 Å². The van der Waals surface area contributed by atoms with E-state index in [0.29, 0.717) is 0 Å². The van der Waals surface area contributed by atoms with E-state index in [2.05, 4.69) is 69.1 Å². The summed E-state index contributed by atoms with van der Waals surface area (Å²) in [5, 5.41) is 2.44. The van der Waals surface area contributed by atoms with Crippen molar-refractivity contribution in [3.63, 3.8) is 0 Å². The Labute approximate surface area is 130 Å². The molecule has 1 saturated heterocycles. The lowest BCUT2D eigenvalue weighted by Gasteiger charge is -2.32. The van der Waals surface area contributed by atoms with Crippen LogP contribution in [0.3, 0.4) is 0 Å². The normalized spacial score (nSPS) is 20.1. The van der Waals surface area contributed by atoms with Crippen molar-refractivity contribution in [1.82, 2.24) is 4.98 Å². The first kappa shape index (κ1) is 13.9. The number of fused-ring (bicyclic) bond motifs is 3. The summed E-state index contributed by atoms with van der Waals surface area (Å²) in [5.41, 5.74) is 2.74. The molecule has 1 aliphatic heterocycles. The van der Waals surface area contributed by atoms with Crippen LogP contribution in [0.5, 0.6) is 0 Å². The molecule has 2 aromatic carbocycles. The smallest absolute Gasteiger partial charge is 0.399 e. The Morgan fingerprint density at radius 1 is 0.818 bits per heavy atom. The van der Waals surface area contributed by atoms with Crippen molar-refractivity contribution in [3.05, 3.63) is 42.5 Å². The van der Waals surface area contributed by atoms with Gasteiger partial charge in [-0.1, -0.05) is 30.3 Å². The van der Waals surface area contributed by atoms with Crippen molar-refractivity contribution in [2.75, 3.05) is 0 Å². The molecule has 0 amide bonds. The highest BCUT2D eigenvalue weighted by Gasteiger charge is 2.51. The van der Waals surface area contributed by atoms with Gasteiger partial charge in [0.05, 0.1) is 11.2 Å². The molecule has 3 aromatic rings. The van der Waals surface area contributed by atoms with Crippen molar-refractivity contribution in [1.29, 1.82) is 0 Å². The largest absolute Gasteiger partial charge is 0.494 e. The second-order valence-corrected chi connectivity index (χ2v) is 7.06. The molecule has 0 unspecified atom stereocenters. The van der Waals surface area contributed by atoms with E-state index >= 15 is 0 Å². The molecule has 1 aromatic heterocycles. The minimum Gasteiger partial charge on any atom is -0.399 e. The zero-order chi connectivity index (χ0) is 15.5. The van der Waals surface area contributed by atoms with Crippen LogP contribution in [0.1, 0.15) is 27.7 Å². The number of rotatable bonds is 1. The third-order valence-corrected chi connectivity index (χ3v) is 5.06. The third kappa shape index (κ3) is 1.91. The first-order valence-corrected chi connectivity index (χ1v) is 7.73. The number of para-hydroxylation sites is 1. The second kappa shape index (κ2) is 4.37. The molecule has 0 atom stereocenters. The summed E-state index contributed by atoms with van der Waals surface area (Å²) in [6, 6.07) is 14.7. The quantitative estimate of drug-likeness (QED) is 0.695. The molecule has 4 heteroatoms. The number of aromatic nitrogens is 1. The fourth-order valence-corrected chi connectivity index (χ4v) is 2.99. The van der Waals surface area contributed by atoms with Gasteiger partial charge in [0, 0.05) is 21.8 Å². The predicted octanol–water partition coefficient (Wildman–Crippen LogP) is 3.62. The van der Waals surface area contributed by atoms with Gasteiger partial charge in [0.15, 0.2) is 0 Å². The van der Waals surface area contributed by atoms with E-state index in [9.17, 15) is 0 Å². The molecule has 1 fully saturated rings. The lowest BCUT2D eigenvalue weighted by atomic mass is 9.78. The first-order chi connectivity index (χ1) is 10.4. The van der Waals surface area contributed by atoms with Crippen molar-refractivity contribution in [2.24, 2.45) is 0 Å². The molecule has 112 valence electrons. The highest BCUT2D eigenvalue weighted by atomic mass is 16.7. The standard InChI is InChI=1S/C18H20BNO2/c1-17(2)18(3,4)22-19(21-17)12-9-10-16-14(11-12)13-7-5-6-8-15(13)20-16/h5-11,20H,1-4H3. The van der Waals surface area contributed by atoms with E-state index in [1.807, 2.05) is 6.07 Å². The van der Waals surface area contributed by atoms with E-state index in [4.69, 9.17) is 9.31 Å². The number of H-pyrrole nitrogens is 1. The average Bonchev–Trinajstić information content (AvgIpc) is 2.93. The van der Waals surface area contributed by atoms with Gasteiger partial charge in [-0.3, -0.25) is 0 Å². The fourth-order valence-electron chi connectivity index (χ4n) is 2.99. The van der Waals surface area contributed by atoms with Crippen LogP contribution in [-0.4, -0.2) is 23.3 Å². The second-order valence-electron chi connectivity index (χ2n) is 7.06. The van der Waals surface area contributed by atoms with Crippen LogP contribution in [0.4, 0.5) is 0 Å². The lowest BCUT2D eigenvalue weighted by Crippen LogP contribution is -2.41. The molecule has 1 N–H and O–H groups in total. The SMILES string of the molecule is CC1(C)OB(c2ccc3[nH]c4ccccc4c3c2)OC1(C)C. The fraction of sp³-hybridized carbons (Fsp3) is 0.333. The molecule has 3 nitrogen and oxygen atoms in total. The van der Waals surface area contributed by atoms with Gasteiger partial charge in [-0.2, -0.15) is 0 Å². The van der Waals surface area contributed by atoms with Crippen LogP contribution in [0.25, 0.3) is 21.8 Å². The van der Waals surface area contributed by atoms with Crippen LogP contribution in [-0.2, 0) is 9.31 Å². The average molecular weight is 293 g/mol.